The van der Waals surface area contributed by atoms with Gasteiger partial charge in [0.1, 0.15) is 11.6 Å². The van der Waals surface area contributed by atoms with Gasteiger partial charge >= 0.3 is 0 Å². The van der Waals surface area contributed by atoms with E-state index in [1.165, 1.54) is 12.8 Å². The van der Waals surface area contributed by atoms with Crippen molar-refractivity contribution in [2.24, 2.45) is 11.8 Å². The fourth-order valence-corrected chi connectivity index (χ4v) is 2.56. The predicted molar refractivity (Wildman–Crippen MR) is 69.9 cm³/mol. The van der Waals surface area contributed by atoms with Crippen LogP contribution in [-0.2, 0) is 9.59 Å². The van der Waals surface area contributed by atoms with Gasteiger partial charge in [0.15, 0.2) is 0 Å². The lowest BCUT2D eigenvalue weighted by Gasteiger charge is -2.43. The van der Waals surface area contributed by atoms with Crippen molar-refractivity contribution in [3.63, 3.8) is 0 Å². The van der Waals surface area contributed by atoms with Gasteiger partial charge in [0, 0.05) is 6.54 Å². The number of amides is 2. The first kappa shape index (κ1) is 13.4. The fourth-order valence-electron chi connectivity index (χ4n) is 2.56. The van der Waals surface area contributed by atoms with Gasteiger partial charge in [-0.15, -0.1) is 0 Å². The van der Waals surface area contributed by atoms with Crippen LogP contribution in [0.1, 0.15) is 47.0 Å². The zero-order valence-corrected chi connectivity index (χ0v) is 11.8. The maximum Gasteiger partial charge on any atom is 0.248 e. The summed E-state index contributed by atoms with van der Waals surface area (Å²) in [5.41, 5.74) is -0.751. The Morgan fingerprint density at radius 3 is 2.44 bits per heavy atom. The van der Waals surface area contributed by atoms with Crippen LogP contribution in [0.2, 0.25) is 0 Å². The summed E-state index contributed by atoms with van der Waals surface area (Å²) in [6.45, 7) is 8.52. The van der Waals surface area contributed by atoms with E-state index in [-0.39, 0.29) is 17.9 Å². The van der Waals surface area contributed by atoms with Gasteiger partial charge in [-0.3, -0.25) is 9.59 Å². The molecule has 0 spiro atoms. The number of carbonyl (C=O) groups is 2. The molecule has 18 heavy (non-hydrogen) atoms. The minimum Gasteiger partial charge on any atom is -0.340 e. The van der Waals surface area contributed by atoms with E-state index in [1.807, 2.05) is 4.90 Å². The molecule has 0 aromatic heterocycles. The zero-order chi connectivity index (χ0) is 13.5. The molecule has 4 nitrogen and oxygen atoms in total. The monoisotopic (exact) mass is 252 g/mol. The Morgan fingerprint density at radius 2 is 1.94 bits per heavy atom. The van der Waals surface area contributed by atoms with Gasteiger partial charge in [0.25, 0.3) is 0 Å². The molecular formula is C14H24N2O2. The van der Waals surface area contributed by atoms with Crippen LogP contribution in [0.5, 0.6) is 0 Å². The SMILES string of the molecule is CC(C)CC1C(=O)NC(C)(C)C(=O)N1CC1CC1. The zero-order valence-electron chi connectivity index (χ0n) is 11.8. The maximum absolute atomic E-state index is 12.5. The van der Waals surface area contributed by atoms with E-state index in [4.69, 9.17) is 0 Å². The lowest BCUT2D eigenvalue weighted by molar-refractivity contribution is -0.154. The van der Waals surface area contributed by atoms with Gasteiger partial charge in [-0.05, 0) is 44.9 Å². The van der Waals surface area contributed by atoms with E-state index < -0.39 is 5.54 Å². The summed E-state index contributed by atoms with van der Waals surface area (Å²) in [7, 11) is 0. The molecule has 1 aliphatic carbocycles. The van der Waals surface area contributed by atoms with Crippen molar-refractivity contribution in [1.82, 2.24) is 10.2 Å². The molecule has 1 atom stereocenters. The second-order valence-electron chi connectivity index (χ2n) is 6.66. The van der Waals surface area contributed by atoms with E-state index in [0.29, 0.717) is 11.8 Å². The normalized spacial score (nSPS) is 27.6. The van der Waals surface area contributed by atoms with Crippen LogP contribution in [0.25, 0.3) is 0 Å². The quantitative estimate of drug-likeness (QED) is 0.825. The summed E-state index contributed by atoms with van der Waals surface area (Å²) < 4.78 is 0. The molecule has 2 fully saturated rings. The van der Waals surface area contributed by atoms with Crippen LogP contribution in [0.15, 0.2) is 0 Å². The first-order valence-corrected chi connectivity index (χ1v) is 6.94. The van der Waals surface area contributed by atoms with E-state index in [0.717, 1.165) is 13.0 Å². The number of rotatable bonds is 4. The van der Waals surface area contributed by atoms with Crippen molar-refractivity contribution in [1.29, 1.82) is 0 Å². The average molecular weight is 252 g/mol. The first-order chi connectivity index (χ1) is 8.31. The third kappa shape index (κ3) is 2.68. The topological polar surface area (TPSA) is 49.4 Å². The van der Waals surface area contributed by atoms with Crippen LogP contribution < -0.4 is 5.32 Å². The molecule has 2 amide bonds. The molecule has 2 rings (SSSR count). The molecule has 1 saturated heterocycles. The van der Waals surface area contributed by atoms with Gasteiger partial charge in [-0.25, -0.2) is 0 Å². The predicted octanol–water partition coefficient (Wildman–Crippen LogP) is 1.55. The third-order valence-electron chi connectivity index (χ3n) is 3.76. The summed E-state index contributed by atoms with van der Waals surface area (Å²) in [6, 6.07) is -0.272. The summed E-state index contributed by atoms with van der Waals surface area (Å²) in [6.07, 6.45) is 3.14. The number of hydrogen-bond donors (Lipinski definition) is 1. The minimum atomic E-state index is -0.751. The summed E-state index contributed by atoms with van der Waals surface area (Å²) in [4.78, 5) is 26.5. The first-order valence-electron chi connectivity index (χ1n) is 6.94. The Hall–Kier alpha value is -1.06. The number of nitrogens with one attached hydrogen (secondary N) is 1. The Balaban J connectivity index is 2.18. The second kappa shape index (κ2) is 4.56. The fraction of sp³-hybridized carbons (Fsp3) is 0.857. The molecular weight excluding hydrogens is 228 g/mol. The highest BCUT2D eigenvalue weighted by atomic mass is 16.2. The van der Waals surface area contributed by atoms with Crippen LogP contribution in [-0.4, -0.2) is 34.8 Å². The van der Waals surface area contributed by atoms with Crippen LogP contribution in [0.3, 0.4) is 0 Å². The largest absolute Gasteiger partial charge is 0.340 e. The highest BCUT2D eigenvalue weighted by molar-refractivity contribution is 5.99. The molecule has 1 N–H and O–H groups in total. The number of nitrogens with zero attached hydrogens (tertiary/aromatic N) is 1. The van der Waals surface area contributed by atoms with Crippen molar-refractivity contribution in [2.75, 3.05) is 6.54 Å². The molecule has 1 unspecified atom stereocenters. The highest BCUT2D eigenvalue weighted by Crippen LogP contribution is 2.33. The Bertz CT molecular complexity index is 359. The molecule has 1 heterocycles. The van der Waals surface area contributed by atoms with E-state index in [1.54, 1.807) is 13.8 Å². The van der Waals surface area contributed by atoms with E-state index in [9.17, 15) is 9.59 Å². The van der Waals surface area contributed by atoms with E-state index in [2.05, 4.69) is 19.2 Å². The van der Waals surface area contributed by atoms with Crippen molar-refractivity contribution < 1.29 is 9.59 Å². The maximum atomic E-state index is 12.5. The molecule has 2 aliphatic rings. The average Bonchev–Trinajstić information content (AvgIpc) is 3.03. The van der Waals surface area contributed by atoms with Crippen LogP contribution in [0.4, 0.5) is 0 Å². The molecule has 102 valence electrons. The van der Waals surface area contributed by atoms with Gasteiger partial charge in [0.05, 0.1) is 0 Å². The van der Waals surface area contributed by atoms with Gasteiger partial charge < -0.3 is 10.2 Å². The number of carbonyl (C=O) groups excluding carboxylic acids is 2. The Kier molecular flexibility index (Phi) is 3.39. The molecule has 1 aliphatic heterocycles. The Morgan fingerprint density at radius 1 is 1.33 bits per heavy atom. The molecule has 0 bridgehead atoms. The smallest absolute Gasteiger partial charge is 0.248 e. The van der Waals surface area contributed by atoms with Gasteiger partial charge in [0.2, 0.25) is 11.8 Å². The molecule has 0 aromatic carbocycles. The number of piperazine rings is 1. The van der Waals surface area contributed by atoms with Crippen molar-refractivity contribution in [2.45, 2.75) is 58.5 Å². The molecule has 0 radical (unpaired) electrons. The van der Waals surface area contributed by atoms with Gasteiger partial charge in [-0.2, -0.15) is 0 Å². The second-order valence-corrected chi connectivity index (χ2v) is 6.66. The van der Waals surface area contributed by atoms with Crippen molar-refractivity contribution in [3.05, 3.63) is 0 Å². The van der Waals surface area contributed by atoms with E-state index >= 15 is 0 Å². The van der Waals surface area contributed by atoms with Crippen LogP contribution in [0, 0.1) is 11.8 Å². The lowest BCUT2D eigenvalue weighted by Crippen LogP contribution is -2.68. The molecule has 1 saturated carbocycles. The highest BCUT2D eigenvalue weighted by Gasteiger charge is 2.46. The standard InChI is InChI=1S/C14H24N2O2/c1-9(2)7-11-12(17)15-14(3,4)13(18)16(11)8-10-5-6-10/h9-11H,5-8H2,1-4H3,(H,15,17). The minimum absolute atomic E-state index is 0.00829. The van der Waals surface area contributed by atoms with Crippen molar-refractivity contribution in [3.8, 4) is 0 Å². The van der Waals surface area contributed by atoms with Crippen LogP contribution >= 0.6 is 0 Å². The van der Waals surface area contributed by atoms with Gasteiger partial charge in [-0.1, -0.05) is 13.8 Å². The molecule has 0 aromatic rings. The van der Waals surface area contributed by atoms with Crippen molar-refractivity contribution >= 4 is 11.8 Å². The summed E-state index contributed by atoms with van der Waals surface area (Å²) in [5, 5.41) is 2.85. The molecule has 4 heteroatoms. The summed E-state index contributed by atoms with van der Waals surface area (Å²) in [5.74, 6) is 1.11. The summed E-state index contributed by atoms with van der Waals surface area (Å²) >= 11 is 0. The third-order valence-corrected chi connectivity index (χ3v) is 3.76. The Labute approximate surface area is 109 Å². The number of hydrogen-bond acceptors (Lipinski definition) is 2. The lowest BCUT2D eigenvalue weighted by atomic mass is 9.92.